The molecule has 1 aromatic heterocycles. The monoisotopic (exact) mass is 388 g/mol. The molecule has 3 aromatic rings. The van der Waals surface area contributed by atoms with Crippen molar-refractivity contribution in [3.63, 3.8) is 0 Å². The van der Waals surface area contributed by atoms with Crippen LogP contribution in [0.1, 0.15) is 15.9 Å². The molecule has 8 heteroatoms. The Bertz CT molecular complexity index is 973. The van der Waals surface area contributed by atoms with Crippen molar-refractivity contribution in [1.29, 1.82) is 0 Å². The van der Waals surface area contributed by atoms with Gasteiger partial charge in [-0.3, -0.25) is 4.79 Å². The predicted molar refractivity (Wildman–Crippen MR) is 96.7 cm³/mol. The van der Waals surface area contributed by atoms with Crippen LogP contribution in [0.2, 0.25) is 0 Å². The van der Waals surface area contributed by atoms with Crippen molar-refractivity contribution >= 4 is 11.6 Å². The maximum Gasteiger partial charge on any atom is 0.417 e. The number of hydrogen-bond acceptors (Lipinski definition) is 4. The van der Waals surface area contributed by atoms with Crippen molar-refractivity contribution in [3.05, 3.63) is 78.0 Å². The highest BCUT2D eigenvalue weighted by Gasteiger charge is 2.34. The summed E-state index contributed by atoms with van der Waals surface area (Å²) in [5.41, 5.74) is -1.24. The molecule has 144 valence electrons. The van der Waals surface area contributed by atoms with Crippen molar-refractivity contribution in [2.75, 3.05) is 12.4 Å². The van der Waals surface area contributed by atoms with E-state index in [0.717, 1.165) is 12.1 Å². The molecule has 0 aliphatic heterocycles. The van der Waals surface area contributed by atoms with Crippen LogP contribution in [0.3, 0.4) is 0 Å². The zero-order valence-electron chi connectivity index (χ0n) is 14.7. The molecule has 1 heterocycles. The average molecular weight is 388 g/mol. The van der Waals surface area contributed by atoms with Crippen LogP contribution >= 0.6 is 0 Å². The molecule has 1 N–H and O–H groups in total. The Morgan fingerprint density at radius 2 is 1.64 bits per heavy atom. The van der Waals surface area contributed by atoms with E-state index in [4.69, 9.17) is 9.47 Å². The lowest BCUT2D eigenvalue weighted by molar-refractivity contribution is -0.137. The first-order valence-corrected chi connectivity index (χ1v) is 8.13. The fourth-order valence-corrected chi connectivity index (χ4v) is 2.46. The van der Waals surface area contributed by atoms with Gasteiger partial charge in [-0.15, -0.1) is 0 Å². The topological polar surface area (TPSA) is 60.5 Å². The highest BCUT2D eigenvalue weighted by molar-refractivity contribution is 6.05. The first kappa shape index (κ1) is 19.2. The molecule has 28 heavy (non-hydrogen) atoms. The fourth-order valence-electron chi connectivity index (χ4n) is 2.46. The molecule has 0 atom stereocenters. The van der Waals surface area contributed by atoms with E-state index in [9.17, 15) is 18.0 Å². The Hall–Kier alpha value is -3.55. The number of anilines is 1. The van der Waals surface area contributed by atoms with Gasteiger partial charge in [-0.2, -0.15) is 13.2 Å². The number of methoxy groups -OCH3 is 1. The Morgan fingerprint density at radius 3 is 2.29 bits per heavy atom. The third-order valence-electron chi connectivity index (χ3n) is 3.75. The third kappa shape index (κ3) is 4.40. The standard InChI is InChI=1S/C20H15F3N2O3/c1-27-16-8-4-5-9-17(16)28-18-11-10-13(12-24-18)25-19(26)14-6-2-3-7-15(14)20(21,22)23/h2-12H,1H3,(H,25,26). The van der Waals surface area contributed by atoms with E-state index in [1.54, 1.807) is 24.3 Å². The minimum atomic E-state index is -4.63. The van der Waals surface area contributed by atoms with E-state index in [-0.39, 0.29) is 11.6 Å². The molecule has 0 radical (unpaired) electrons. The van der Waals surface area contributed by atoms with E-state index in [0.29, 0.717) is 11.5 Å². The normalized spacial score (nSPS) is 11.0. The molecule has 0 bridgehead atoms. The van der Waals surface area contributed by atoms with E-state index in [2.05, 4.69) is 10.3 Å². The molecule has 2 aromatic carbocycles. The summed E-state index contributed by atoms with van der Waals surface area (Å²) in [6, 6.07) is 14.5. The number of carbonyl (C=O) groups is 1. The molecular weight excluding hydrogens is 373 g/mol. The van der Waals surface area contributed by atoms with Gasteiger partial charge in [0, 0.05) is 6.07 Å². The van der Waals surface area contributed by atoms with Crippen LogP contribution in [0.15, 0.2) is 66.9 Å². The quantitative estimate of drug-likeness (QED) is 0.656. The highest BCUT2D eigenvalue weighted by atomic mass is 19.4. The lowest BCUT2D eigenvalue weighted by Crippen LogP contribution is -2.18. The van der Waals surface area contributed by atoms with E-state index in [1.807, 2.05) is 0 Å². The molecule has 0 aliphatic rings. The summed E-state index contributed by atoms with van der Waals surface area (Å²) >= 11 is 0. The largest absolute Gasteiger partial charge is 0.493 e. The van der Waals surface area contributed by atoms with Crippen molar-refractivity contribution in [2.45, 2.75) is 6.18 Å². The number of nitrogens with zero attached hydrogens (tertiary/aromatic N) is 1. The second kappa shape index (κ2) is 7.99. The first-order chi connectivity index (χ1) is 13.4. The van der Waals surface area contributed by atoms with Crippen molar-refractivity contribution in [2.24, 2.45) is 0 Å². The summed E-state index contributed by atoms with van der Waals surface area (Å²) < 4.78 is 49.9. The second-order valence-electron chi connectivity index (χ2n) is 5.64. The Balaban J connectivity index is 1.74. The lowest BCUT2D eigenvalue weighted by Gasteiger charge is -2.13. The van der Waals surface area contributed by atoms with Crippen LogP contribution in [-0.4, -0.2) is 18.0 Å². The summed E-state index contributed by atoms with van der Waals surface area (Å²) in [7, 11) is 1.51. The number of hydrogen-bond donors (Lipinski definition) is 1. The predicted octanol–water partition coefficient (Wildman–Crippen LogP) is 5.15. The third-order valence-corrected chi connectivity index (χ3v) is 3.75. The highest BCUT2D eigenvalue weighted by Crippen LogP contribution is 2.32. The van der Waals surface area contributed by atoms with Crippen LogP contribution in [-0.2, 0) is 6.18 Å². The van der Waals surface area contributed by atoms with Gasteiger partial charge < -0.3 is 14.8 Å². The second-order valence-corrected chi connectivity index (χ2v) is 5.64. The molecule has 0 spiro atoms. The van der Waals surface area contributed by atoms with E-state index in [1.165, 1.54) is 37.6 Å². The van der Waals surface area contributed by atoms with Crippen LogP contribution in [0, 0.1) is 0 Å². The van der Waals surface area contributed by atoms with E-state index >= 15 is 0 Å². The van der Waals surface area contributed by atoms with Crippen LogP contribution < -0.4 is 14.8 Å². The number of alkyl halides is 3. The van der Waals surface area contributed by atoms with Crippen molar-refractivity contribution in [3.8, 4) is 17.4 Å². The summed E-state index contributed by atoms with van der Waals surface area (Å²) in [6.07, 6.45) is -3.34. The van der Waals surface area contributed by atoms with Crippen LogP contribution in [0.4, 0.5) is 18.9 Å². The molecule has 0 fully saturated rings. The molecule has 1 amide bonds. The number of pyridine rings is 1. The van der Waals surface area contributed by atoms with Gasteiger partial charge in [0.15, 0.2) is 11.5 Å². The van der Waals surface area contributed by atoms with E-state index < -0.39 is 23.2 Å². The molecular formula is C20H15F3N2O3. The number of aromatic nitrogens is 1. The van der Waals surface area contributed by atoms with Crippen molar-refractivity contribution < 1.29 is 27.4 Å². The molecule has 5 nitrogen and oxygen atoms in total. The van der Waals surface area contributed by atoms with Gasteiger partial charge in [-0.25, -0.2) is 4.98 Å². The summed E-state index contributed by atoms with van der Waals surface area (Å²) in [5, 5.41) is 2.40. The molecule has 0 unspecified atom stereocenters. The SMILES string of the molecule is COc1ccccc1Oc1ccc(NC(=O)c2ccccc2C(F)(F)F)cn1. The first-order valence-electron chi connectivity index (χ1n) is 8.13. The van der Waals surface area contributed by atoms with Crippen LogP contribution in [0.5, 0.6) is 17.4 Å². The van der Waals surface area contributed by atoms with Gasteiger partial charge in [0.25, 0.3) is 5.91 Å². The minimum Gasteiger partial charge on any atom is -0.493 e. The number of ether oxygens (including phenoxy) is 2. The zero-order chi connectivity index (χ0) is 20.1. The Labute approximate surface area is 158 Å². The maximum absolute atomic E-state index is 13.1. The summed E-state index contributed by atoms with van der Waals surface area (Å²) in [4.78, 5) is 16.3. The average Bonchev–Trinajstić information content (AvgIpc) is 2.69. The minimum absolute atomic E-state index is 0.231. The van der Waals surface area contributed by atoms with Crippen molar-refractivity contribution in [1.82, 2.24) is 4.98 Å². The molecule has 0 aliphatic carbocycles. The van der Waals surface area contributed by atoms with Gasteiger partial charge in [-0.1, -0.05) is 24.3 Å². The lowest BCUT2D eigenvalue weighted by atomic mass is 10.1. The van der Waals surface area contributed by atoms with Crippen LogP contribution in [0.25, 0.3) is 0 Å². The zero-order valence-corrected chi connectivity index (χ0v) is 14.7. The summed E-state index contributed by atoms with van der Waals surface area (Å²) in [5.74, 6) is 0.324. The number of amides is 1. The van der Waals surface area contributed by atoms with Gasteiger partial charge in [0.1, 0.15) is 0 Å². The number of para-hydroxylation sites is 2. The molecule has 3 rings (SSSR count). The Morgan fingerprint density at radius 1 is 0.964 bits per heavy atom. The number of nitrogens with one attached hydrogen (secondary N) is 1. The number of carbonyl (C=O) groups excluding carboxylic acids is 1. The Kier molecular flexibility index (Phi) is 5.49. The fraction of sp³-hybridized carbons (Fsp3) is 0.100. The van der Waals surface area contributed by atoms with Gasteiger partial charge in [0.05, 0.1) is 30.1 Å². The summed E-state index contributed by atoms with van der Waals surface area (Å²) in [6.45, 7) is 0. The van der Waals surface area contributed by atoms with Gasteiger partial charge >= 0.3 is 6.18 Å². The maximum atomic E-state index is 13.1. The molecule has 0 saturated carbocycles. The number of rotatable bonds is 5. The number of benzene rings is 2. The van der Waals surface area contributed by atoms with Gasteiger partial charge in [-0.05, 0) is 30.3 Å². The molecule has 0 saturated heterocycles. The van der Waals surface area contributed by atoms with Gasteiger partial charge in [0.2, 0.25) is 5.88 Å². The smallest absolute Gasteiger partial charge is 0.417 e. The number of halogens is 3.